The SMILES string of the molecule is CC1CCN(C[C@H]2CO2)CC1C. The van der Waals surface area contributed by atoms with Gasteiger partial charge in [-0.2, -0.15) is 0 Å². The minimum atomic E-state index is 0.575. The van der Waals surface area contributed by atoms with Crippen molar-refractivity contribution in [3.05, 3.63) is 0 Å². The lowest BCUT2D eigenvalue weighted by molar-refractivity contribution is 0.129. The lowest BCUT2D eigenvalue weighted by atomic mass is 9.89. The first kappa shape index (κ1) is 8.52. The molecule has 2 heteroatoms. The van der Waals surface area contributed by atoms with E-state index >= 15 is 0 Å². The highest BCUT2D eigenvalue weighted by molar-refractivity contribution is 4.80. The molecule has 2 rings (SSSR count). The van der Waals surface area contributed by atoms with Gasteiger partial charge in [0.25, 0.3) is 0 Å². The second-order valence-corrected chi connectivity index (χ2v) is 4.46. The van der Waals surface area contributed by atoms with E-state index in [-0.39, 0.29) is 0 Å². The van der Waals surface area contributed by atoms with Gasteiger partial charge in [-0.3, -0.25) is 0 Å². The highest BCUT2D eigenvalue weighted by atomic mass is 16.6. The Kier molecular flexibility index (Phi) is 2.37. The van der Waals surface area contributed by atoms with Crippen LogP contribution in [0, 0.1) is 11.8 Å². The Morgan fingerprint density at radius 1 is 1.33 bits per heavy atom. The number of likely N-dealkylation sites (tertiary alicyclic amines) is 1. The zero-order valence-corrected chi connectivity index (χ0v) is 8.12. The fourth-order valence-electron chi connectivity index (χ4n) is 1.98. The summed E-state index contributed by atoms with van der Waals surface area (Å²) < 4.78 is 5.23. The summed E-state index contributed by atoms with van der Waals surface area (Å²) in [6, 6.07) is 0. The predicted octanol–water partition coefficient (Wildman–Crippen LogP) is 1.36. The molecule has 0 N–H and O–H groups in total. The Hall–Kier alpha value is -0.0800. The van der Waals surface area contributed by atoms with Crippen LogP contribution >= 0.6 is 0 Å². The van der Waals surface area contributed by atoms with Gasteiger partial charge in [-0.15, -0.1) is 0 Å². The molecule has 2 saturated heterocycles. The van der Waals surface area contributed by atoms with Crippen molar-refractivity contribution in [2.45, 2.75) is 26.4 Å². The molecule has 0 saturated carbocycles. The molecule has 12 heavy (non-hydrogen) atoms. The molecule has 0 amide bonds. The maximum absolute atomic E-state index is 5.23. The molecule has 3 atom stereocenters. The summed E-state index contributed by atoms with van der Waals surface area (Å²) >= 11 is 0. The first-order chi connectivity index (χ1) is 5.75. The van der Waals surface area contributed by atoms with Crippen LogP contribution in [0.2, 0.25) is 0 Å². The highest BCUT2D eigenvalue weighted by Gasteiger charge is 2.29. The molecule has 2 nitrogen and oxygen atoms in total. The van der Waals surface area contributed by atoms with E-state index in [9.17, 15) is 0 Å². The maximum Gasteiger partial charge on any atom is 0.0936 e. The van der Waals surface area contributed by atoms with Gasteiger partial charge in [-0.05, 0) is 24.8 Å². The largest absolute Gasteiger partial charge is 0.372 e. The van der Waals surface area contributed by atoms with E-state index in [4.69, 9.17) is 4.74 Å². The third-order valence-electron chi connectivity index (χ3n) is 3.28. The van der Waals surface area contributed by atoms with Crippen molar-refractivity contribution >= 4 is 0 Å². The molecule has 0 bridgehead atoms. The van der Waals surface area contributed by atoms with Gasteiger partial charge in [0.15, 0.2) is 0 Å². The Morgan fingerprint density at radius 2 is 2.08 bits per heavy atom. The van der Waals surface area contributed by atoms with E-state index in [2.05, 4.69) is 18.7 Å². The van der Waals surface area contributed by atoms with E-state index in [1.165, 1.54) is 26.1 Å². The van der Waals surface area contributed by atoms with E-state index in [0.717, 1.165) is 18.4 Å². The van der Waals surface area contributed by atoms with E-state index in [0.29, 0.717) is 6.10 Å². The van der Waals surface area contributed by atoms with Gasteiger partial charge in [-0.1, -0.05) is 13.8 Å². The summed E-state index contributed by atoms with van der Waals surface area (Å²) in [5.41, 5.74) is 0. The molecule has 2 aliphatic heterocycles. The number of hydrogen-bond donors (Lipinski definition) is 0. The van der Waals surface area contributed by atoms with Gasteiger partial charge in [-0.25, -0.2) is 0 Å². The normalized spacial score (nSPS) is 43.0. The van der Waals surface area contributed by atoms with Crippen LogP contribution in [0.5, 0.6) is 0 Å². The number of rotatable bonds is 2. The first-order valence-electron chi connectivity index (χ1n) is 5.09. The van der Waals surface area contributed by atoms with Crippen molar-refractivity contribution in [2.75, 3.05) is 26.2 Å². The lowest BCUT2D eigenvalue weighted by Crippen LogP contribution is -2.40. The zero-order valence-electron chi connectivity index (χ0n) is 8.12. The van der Waals surface area contributed by atoms with Crippen molar-refractivity contribution in [1.29, 1.82) is 0 Å². The van der Waals surface area contributed by atoms with Crippen LogP contribution in [-0.2, 0) is 4.74 Å². The molecule has 0 aliphatic carbocycles. The zero-order chi connectivity index (χ0) is 8.55. The number of epoxide rings is 1. The highest BCUT2D eigenvalue weighted by Crippen LogP contribution is 2.23. The molecule has 0 aromatic heterocycles. The number of piperidine rings is 1. The summed E-state index contributed by atoms with van der Waals surface area (Å²) in [6.45, 7) is 9.48. The summed E-state index contributed by atoms with van der Waals surface area (Å²) in [4.78, 5) is 2.56. The second-order valence-electron chi connectivity index (χ2n) is 4.46. The van der Waals surface area contributed by atoms with Crippen molar-refractivity contribution in [1.82, 2.24) is 4.90 Å². The van der Waals surface area contributed by atoms with Crippen molar-refractivity contribution in [2.24, 2.45) is 11.8 Å². The van der Waals surface area contributed by atoms with Crippen molar-refractivity contribution < 1.29 is 4.74 Å². The standard InChI is InChI=1S/C10H19NO/c1-8-3-4-11(5-9(8)2)6-10-7-12-10/h8-10H,3-7H2,1-2H3/t8?,9?,10-/m0/s1. The van der Waals surface area contributed by atoms with Crippen LogP contribution < -0.4 is 0 Å². The summed E-state index contributed by atoms with van der Waals surface area (Å²) in [5.74, 6) is 1.79. The molecule has 0 aromatic rings. The van der Waals surface area contributed by atoms with Gasteiger partial charge >= 0.3 is 0 Å². The molecule has 2 unspecified atom stereocenters. The van der Waals surface area contributed by atoms with E-state index in [1.54, 1.807) is 0 Å². The number of ether oxygens (including phenoxy) is 1. The average Bonchev–Trinajstić information content (AvgIpc) is 2.81. The predicted molar refractivity (Wildman–Crippen MR) is 49.1 cm³/mol. The minimum absolute atomic E-state index is 0.575. The molecule has 0 radical (unpaired) electrons. The lowest BCUT2D eigenvalue weighted by Gasteiger charge is -2.34. The van der Waals surface area contributed by atoms with Crippen molar-refractivity contribution in [3.8, 4) is 0 Å². The first-order valence-corrected chi connectivity index (χ1v) is 5.09. The van der Waals surface area contributed by atoms with Gasteiger partial charge < -0.3 is 9.64 Å². The fourth-order valence-corrected chi connectivity index (χ4v) is 1.98. The topological polar surface area (TPSA) is 15.8 Å². The molecule has 70 valence electrons. The third-order valence-corrected chi connectivity index (χ3v) is 3.28. The van der Waals surface area contributed by atoms with Gasteiger partial charge in [0.1, 0.15) is 0 Å². The Morgan fingerprint density at radius 3 is 2.67 bits per heavy atom. The van der Waals surface area contributed by atoms with Crippen LogP contribution in [0.25, 0.3) is 0 Å². The molecule has 0 spiro atoms. The van der Waals surface area contributed by atoms with Crippen molar-refractivity contribution in [3.63, 3.8) is 0 Å². The Balaban J connectivity index is 1.76. The van der Waals surface area contributed by atoms with E-state index in [1.807, 2.05) is 0 Å². The third kappa shape index (κ3) is 1.99. The van der Waals surface area contributed by atoms with Crippen LogP contribution in [-0.4, -0.2) is 37.2 Å². The fraction of sp³-hybridized carbons (Fsp3) is 1.00. The molecule has 2 fully saturated rings. The van der Waals surface area contributed by atoms with Crippen LogP contribution in [0.3, 0.4) is 0 Å². The van der Waals surface area contributed by atoms with Gasteiger partial charge in [0.05, 0.1) is 12.7 Å². The quantitative estimate of drug-likeness (QED) is 0.580. The molecular formula is C10H19NO. The average molecular weight is 169 g/mol. The molecule has 2 heterocycles. The summed E-state index contributed by atoms with van der Waals surface area (Å²) in [6.07, 6.45) is 1.94. The van der Waals surface area contributed by atoms with E-state index < -0.39 is 0 Å². The molecular weight excluding hydrogens is 150 g/mol. The monoisotopic (exact) mass is 169 g/mol. The Bertz CT molecular complexity index is 156. The van der Waals surface area contributed by atoms with Gasteiger partial charge in [0.2, 0.25) is 0 Å². The number of nitrogens with zero attached hydrogens (tertiary/aromatic N) is 1. The molecule has 2 aliphatic rings. The smallest absolute Gasteiger partial charge is 0.0936 e. The summed E-state index contributed by atoms with van der Waals surface area (Å²) in [7, 11) is 0. The minimum Gasteiger partial charge on any atom is -0.372 e. The van der Waals surface area contributed by atoms with Crippen LogP contribution in [0.1, 0.15) is 20.3 Å². The van der Waals surface area contributed by atoms with Crippen LogP contribution in [0.4, 0.5) is 0 Å². The maximum atomic E-state index is 5.23. The van der Waals surface area contributed by atoms with Gasteiger partial charge in [0, 0.05) is 13.1 Å². The molecule has 0 aromatic carbocycles. The Labute approximate surface area is 74.9 Å². The number of hydrogen-bond acceptors (Lipinski definition) is 2. The second kappa shape index (κ2) is 3.35. The summed E-state index contributed by atoms with van der Waals surface area (Å²) in [5, 5.41) is 0. The van der Waals surface area contributed by atoms with Crippen LogP contribution in [0.15, 0.2) is 0 Å².